The highest BCUT2D eigenvalue weighted by atomic mass is 16.1. The topological polar surface area (TPSA) is 17.1 Å². The minimum absolute atomic E-state index is 0.353. The standard InChI is InChI=1S/C16H22O/c17-15-4-2-1-3-14(15)16-8-11-5-12(9-16)7-13(6-11)10-16/h3,11-13H,1-2,4-10H2. The quantitative estimate of drug-likeness (QED) is 0.668. The average Bonchev–Trinajstić information content (AvgIpc) is 2.27. The maximum Gasteiger partial charge on any atom is 0.159 e. The zero-order valence-corrected chi connectivity index (χ0v) is 10.6. The third kappa shape index (κ3) is 1.47. The molecule has 0 radical (unpaired) electrons. The lowest BCUT2D eigenvalue weighted by atomic mass is 9.47. The third-order valence-electron chi connectivity index (χ3n) is 5.87. The Morgan fingerprint density at radius 2 is 1.59 bits per heavy atom. The molecule has 1 heteroatoms. The zero-order valence-electron chi connectivity index (χ0n) is 10.6. The molecule has 0 spiro atoms. The van der Waals surface area contributed by atoms with Gasteiger partial charge in [-0.1, -0.05) is 6.08 Å². The zero-order chi connectivity index (χ0) is 11.5. The van der Waals surface area contributed by atoms with Gasteiger partial charge in [0.15, 0.2) is 5.78 Å². The van der Waals surface area contributed by atoms with Crippen LogP contribution in [0.1, 0.15) is 57.8 Å². The number of hydrogen-bond donors (Lipinski definition) is 0. The lowest BCUT2D eigenvalue weighted by molar-refractivity contribution is -0.119. The molecule has 92 valence electrons. The Labute approximate surface area is 104 Å². The first-order valence-electron chi connectivity index (χ1n) is 7.49. The van der Waals surface area contributed by atoms with Crippen molar-refractivity contribution in [2.75, 3.05) is 0 Å². The predicted octanol–water partition coefficient (Wildman–Crippen LogP) is 3.88. The average molecular weight is 230 g/mol. The van der Waals surface area contributed by atoms with Crippen LogP contribution in [0.5, 0.6) is 0 Å². The smallest absolute Gasteiger partial charge is 0.159 e. The number of rotatable bonds is 1. The molecule has 0 N–H and O–H groups in total. The number of hydrogen-bond acceptors (Lipinski definition) is 1. The molecule has 0 amide bonds. The van der Waals surface area contributed by atoms with Gasteiger partial charge in [0.1, 0.15) is 0 Å². The predicted molar refractivity (Wildman–Crippen MR) is 67.5 cm³/mol. The number of allylic oxidation sites excluding steroid dienone is 2. The van der Waals surface area contributed by atoms with E-state index in [1.807, 2.05) is 0 Å². The van der Waals surface area contributed by atoms with E-state index >= 15 is 0 Å². The Bertz CT molecular complexity index is 355. The van der Waals surface area contributed by atoms with Crippen molar-refractivity contribution < 1.29 is 4.79 Å². The van der Waals surface area contributed by atoms with Crippen LogP contribution in [0.15, 0.2) is 11.6 Å². The van der Waals surface area contributed by atoms with Crippen LogP contribution in [0.4, 0.5) is 0 Å². The molecule has 4 bridgehead atoms. The van der Waals surface area contributed by atoms with E-state index < -0.39 is 0 Å². The largest absolute Gasteiger partial charge is 0.295 e. The summed E-state index contributed by atoms with van der Waals surface area (Å²) in [7, 11) is 0. The van der Waals surface area contributed by atoms with Gasteiger partial charge in [0.2, 0.25) is 0 Å². The summed E-state index contributed by atoms with van der Waals surface area (Å²) < 4.78 is 0. The highest BCUT2D eigenvalue weighted by molar-refractivity contribution is 5.97. The van der Waals surface area contributed by atoms with Crippen LogP contribution in [-0.2, 0) is 4.79 Å². The fourth-order valence-electron chi connectivity index (χ4n) is 5.71. The molecule has 4 fully saturated rings. The highest BCUT2D eigenvalue weighted by Gasteiger charge is 2.53. The summed E-state index contributed by atoms with van der Waals surface area (Å²) >= 11 is 0. The molecule has 0 aromatic carbocycles. The molecule has 17 heavy (non-hydrogen) atoms. The van der Waals surface area contributed by atoms with E-state index in [0.717, 1.165) is 37.0 Å². The van der Waals surface area contributed by atoms with Gasteiger partial charge >= 0.3 is 0 Å². The minimum atomic E-state index is 0.353. The molecule has 0 aromatic rings. The highest BCUT2D eigenvalue weighted by Crippen LogP contribution is 2.63. The van der Waals surface area contributed by atoms with Crippen LogP contribution in [-0.4, -0.2) is 5.78 Å². The van der Waals surface area contributed by atoms with Crippen LogP contribution >= 0.6 is 0 Å². The molecule has 0 saturated heterocycles. The number of Topliss-reactive ketones (excluding diaryl/α,β-unsaturated/α-hetero) is 1. The van der Waals surface area contributed by atoms with Crippen molar-refractivity contribution in [3.63, 3.8) is 0 Å². The van der Waals surface area contributed by atoms with Gasteiger partial charge in [0.25, 0.3) is 0 Å². The summed E-state index contributed by atoms with van der Waals surface area (Å²) in [6.45, 7) is 0. The molecule has 4 saturated carbocycles. The third-order valence-corrected chi connectivity index (χ3v) is 5.87. The van der Waals surface area contributed by atoms with Gasteiger partial charge in [-0.2, -0.15) is 0 Å². The van der Waals surface area contributed by atoms with Gasteiger partial charge < -0.3 is 0 Å². The first-order valence-corrected chi connectivity index (χ1v) is 7.49. The fraction of sp³-hybridized carbons (Fsp3) is 0.812. The van der Waals surface area contributed by atoms with E-state index in [1.54, 1.807) is 0 Å². The van der Waals surface area contributed by atoms with Gasteiger partial charge in [0, 0.05) is 6.42 Å². The first-order chi connectivity index (χ1) is 8.25. The molecule has 5 aliphatic rings. The second kappa shape index (κ2) is 3.46. The molecular formula is C16H22O. The SMILES string of the molecule is O=C1CCCC=C1C12CC3CC(CC(C3)C1)C2. The van der Waals surface area contributed by atoms with Crippen LogP contribution in [0.3, 0.4) is 0 Å². The van der Waals surface area contributed by atoms with E-state index in [4.69, 9.17) is 0 Å². The molecule has 1 nitrogen and oxygen atoms in total. The molecule has 0 aromatic heterocycles. The molecule has 5 rings (SSSR count). The van der Waals surface area contributed by atoms with E-state index in [2.05, 4.69) is 6.08 Å². The lowest BCUT2D eigenvalue weighted by Gasteiger charge is -2.57. The Morgan fingerprint density at radius 3 is 2.12 bits per heavy atom. The molecule has 0 atom stereocenters. The second-order valence-electron chi connectivity index (χ2n) is 7.13. The second-order valence-corrected chi connectivity index (χ2v) is 7.13. The lowest BCUT2D eigenvalue weighted by Crippen LogP contribution is -2.48. The maximum atomic E-state index is 12.2. The van der Waals surface area contributed by atoms with Gasteiger partial charge in [-0.3, -0.25) is 4.79 Å². The summed E-state index contributed by atoms with van der Waals surface area (Å²) in [6, 6.07) is 0. The van der Waals surface area contributed by atoms with E-state index in [-0.39, 0.29) is 0 Å². The summed E-state index contributed by atoms with van der Waals surface area (Å²) in [6.07, 6.45) is 13.8. The Kier molecular flexibility index (Phi) is 2.11. The summed E-state index contributed by atoms with van der Waals surface area (Å²) in [5.74, 6) is 3.36. The Balaban J connectivity index is 1.72. The van der Waals surface area contributed by atoms with Crippen molar-refractivity contribution in [3.8, 4) is 0 Å². The van der Waals surface area contributed by atoms with Gasteiger partial charge in [-0.15, -0.1) is 0 Å². The van der Waals surface area contributed by atoms with Gasteiger partial charge in [0.05, 0.1) is 0 Å². The number of ketones is 1. The Morgan fingerprint density at radius 1 is 1.00 bits per heavy atom. The van der Waals surface area contributed by atoms with Crippen molar-refractivity contribution in [2.45, 2.75) is 57.8 Å². The van der Waals surface area contributed by atoms with Crippen molar-refractivity contribution >= 4 is 5.78 Å². The van der Waals surface area contributed by atoms with Crippen molar-refractivity contribution in [1.82, 2.24) is 0 Å². The summed E-state index contributed by atoms with van der Waals surface area (Å²) in [4.78, 5) is 12.2. The molecular weight excluding hydrogens is 208 g/mol. The number of carbonyl (C=O) groups is 1. The van der Waals surface area contributed by atoms with Crippen LogP contribution in [0, 0.1) is 23.2 Å². The Hall–Kier alpha value is -0.590. The fourth-order valence-corrected chi connectivity index (χ4v) is 5.71. The normalized spacial score (nSPS) is 48.4. The van der Waals surface area contributed by atoms with Crippen molar-refractivity contribution in [3.05, 3.63) is 11.6 Å². The summed E-state index contributed by atoms with van der Waals surface area (Å²) in [5.41, 5.74) is 1.63. The molecule has 0 unspecified atom stereocenters. The van der Waals surface area contributed by atoms with Crippen LogP contribution in [0.25, 0.3) is 0 Å². The monoisotopic (exact) mass is 230 g/mol. The maximum absolute atomic E-state index is 12.2. The van der Waals surface area contributed by atoms with Gasteiger partial charge in [-0.25, -0.2) is 0 Å². The molecule has 0 aliphatic heterocycles. The van der Waals surface area contributed by atoms with E-state index in [9.17, 15) is 4.79 Å². The summed E-state index contributed by atoms with van der Waals surface area (Å²) in [5, 5.41) is 0. The number of carbonyl (C=O) groups excluding carboxylic acids is 1. The molecule has 0 heterocycles. The van der Waals surface area contributed by atoms with Crippen molar-refractivity contribution in [2.24, 2.45) is 23.2 Å². The van der Waals surface area contributed by atoms with E-state index in [1.165, 1.54) is 44.1 Å². The van der Waals surface area contributed by atoms with Crippen LogP contribution < -0.4 is 0 Å². The van der Waals surface area contributed by atoms with Crippen LogP contribution in [0.2, 0.25) is 0 Å². The first kappa shape index (κ1) is 10.3. The van der Waals surface area contributed by atoms with E-state index in [0.29, 0.717) is 11.2 Å². The molecule has 5 aliphatic carbocycles. The van der Waals surface area contributed by atoms with Gasteiger partial charge in [-0.05, 0) is 80.1 Å². The van der Waals surface area contributed by atoms with Crippen molar-refractivity contribution in [1.29, 1.82) is 0 Å². The minimum Gasteiger partial charge on any atom is -0.295 e.